The lowest BCUT2D eigenvalue weighted by Crippen LogP contribution is -2.39. The number of hydrogen-bond acceptors (Lipinski definition) is 6. The van der Waals surface area contributed by atoms with Gasteiger partial charge in [-0.15, -0.1) is 0 Å². The Hall–Kier alpha value is -3.85. The molecular formula is C24H25N3O5S. The smallest absolute Gasteiger partial charge is 0.260 e. The predicted octanol–water partition coefficient (Wildman–Crippen LogP) is 3.33. The molecule has 9 heteroatoms. The molecule has 0 unspecified atom stereocenters. The quantitative estimate of drug-likeness (QED) is 0.280. The molecule has 0 bridgehead atoms. The molecule has 0 aliphatic carbocycles. The van der Waals surface area contributed by atoms with Crippen LogP contribution in [0.1, 0.15) is 5.56 Å². The highest BCUT2D eigenvalue weighted by molar-refractivity contribution is 7.92. The minimum absolute atomic E-state index is 0.341. The number of carbonyl (C=O) groups is 1. The van der Waals surface area contributed by atoms with Gasteiger partial charge in [0.25, 0.3) is 5.91 Å². The number of fused-ring (bicyclic) bond motifs is 1. The summed E-state index contributed by atoms with van der Waals surface area (Å²) in [7, 11) is -2.20. The Bertz CT molecular complexity index is 1280. The first-order valence-corrected chi connectivity index (χ1v) is 11.9. The Morgan fingerprint density at radius 1 is 1.12 bits per heavy atom. The molecule has 0 heterocycles. The zero-order chi connectivity index (χ0) is 23.8. The van der Waals surface area contributed by atoms with Crippen molar-refractivity contribution < 1.29 is 22.7 Å². The van der Waals surface area contributed by atoms with Gasteiger partial charge in [0.15, 0.2) is 11.5 Å². The standard InChI is InChI=1S/C24H25N3O5S/c1-4-14-32-22-13-12-18(15-23(22)31-2)16-25-26-24(28)17-27(33(3,29)30)21-11-7-9-19-8-5-6-10-20(19)21/h4-13,15-16H,1,14,17H2,2-3H3,(H,26,28)/b25-16-. The number of amides is 1. The molecule has 0 saturated carbocycles. The fraction of sp³-hybridized carbons (Fsp3) is 0.167. The van der Waals surface area contributed by atoms with Crippen LogP contribution in [0.15, 0.2) is 78.4 Å². The number of nitrogens with zero attached hydrogens (tertiary/aromatic N) is 2. The summed E-state index contributed by atoms with van der Waals surface area (Å²) in [5.74, 6) is 0.478. The molecule has 172 valence electrons. The molecule has 3 aromatic rings. The summed E-state index contributed by atoms with van der Waals surface area (Å²) in [5, 5.41) is 5.54. The van der Waals surface area contributed by atoms with Crippen LogP contribution in [0.5, 0.6) is 11.5 Å². The van der Waals surface area contributed by atoms with Gasteiger partial charge in [0.05, 0.1) is 25.3 Å². The van der Waals surface area contributed by atoms with Gasteiger partial charge in [0.2, 0.25) is 10.0 Å². The predicted molar refractivity (Wildman–Crippen MR) is 131 cm³/mol. The lowest BCUT2D eigenvalue weighted by atomic mass is 10.1. The van der Waals surface area contributed by atoms with Crippen LogP contribution >= 0.6 is 0 Å². The maximum Gasteiger partial charge on any atom is 0.260 e. The van der Waals surface area contributed by atoms with E-state index in [0.29, 0.717) is 29.4 Å². The molecule has 3 aromatic carbocycles. The van der Waals surface area contributed by atoms with Crippen LogP contribution in [0, 0.1) is 0 Å². The summed E-state index contributed by atoms with van der Waals surface area (Å²) in [6.45, 7) is 3.53. The van der Waals surface area contributed by atoms with Gasteiger partial charge in [0.1, 0.15) is 13.2 Å². The van der Waals surface area contributed by atoms with Crippen LogP contribution in [-0.4, -0.2) is 47.1 Å². The third-order valence-corrected chi connectivity index (χ3v) is 5.80. The Balaban J connectivity index is 1.74. The molecule has 0 aliphatic heterocycles. The number of hydrogen-bond donors (Lipinski definition) is 1. The fourth-order valence-electron chi connectivity index (χ4n) is 3.18. The third-order valence-electron chi connectivity index (χ3n) is 4.67. The van der Waals surface area contributed by atoms with Gasteiger partial charge < -0.3 is 9.47 Å². The SMILES string of the molecule is C=CCOc1ccc(/C=N\NC(=O)CN(c2cccc3ccccc23)S(C)(=O)=O)cc1OC. The van der Waals surface area contributed by atoms with E-state index >= 15 is 0 Å². The highest BCUT2D eigenvalue weighted by Crippen LogP contribution is 2.29. The summed E-state index contributed by atoms with van der Waals surface area (Å²) < 4.78 is 36.8. The Morgan fingerprint density at radius 3 is 2.61 bits per heavy atom. The Kier molecular flexibility index (Phi) is 7.68. The maximum atomic E-state index is 12.5. The number of carbonyl (C=O) groups excluding carboxylic acids is 1. The van der Waals surface area contributed by atoms with Gasteiger partial charge in [0, 0.05) is 5.39 Å². The number of rotatable bonds is 10. The van der Waals surface area contributed by atoms with Crippen molar-refractivity contribution in [3.8, 4) is 11.5 Å². The summed E-state index contributed by atoms with van der Waals surface area (Å²) >= 11 is 0. The van der Waals surface area contributed by atoms with Crippen LogP contribution in [-0.2, 0) is 14.8 Å². The van der Waals surface area contributed by atoms with Gasteiger partial charge in [-0.3, -0.25) is 9.10 Å². The topological polar surface area (TPSA) is 97.3 Å². The maximum absolute atomic E-state index is 12.5. The molecule has 0 radical (unpaired) electrons. The molecule has 0 aromatic heterocycles. The largest absolute Gasteiger partial charge is 0.493 e. The molecule has 1 amide bonds. The first kappa shape index (κ1) is 23.8. The van der Waals surface area contributed by atoms with Gasteiger partial charge in [-0.25, -0.2) is 13.8 Å². The van der Waals surface area contributed by atoms with Crippen LogP contribution in [0.25, 0.3) is 10.8 Å². The van der Waals surface area contributed by atoms with Gasteiger partial charge >= 0.3 is 0 Å². The molecule has 1 N–H and O–H groups in total. The minimum atomic E-state index is -3.72. The number of sulfonamides is 1. The van der Waals surface area contributed by atoms with E-state index in [1.54, 1.807) is 36.4 Å². The molecule has 0 saturated heterocycles. The molecule has 3 rings (SSSR count). The lowest BCUT2D eigenvalue weighted by molar-refractivity contribution is -0.119. The number of methoxy groups -OCH3 is 1. The summed E-state index contributed by atoms with van der Waals surface area (Å²) in [4.78, 5) is 12.5. The molecular weight excluding hydrogens is 442 g/mol. The van der Waals surface area contributed by atoms with E-state index in [1.807, 2.05) is 30.3 Å². The van der Waals surface area contributed by atoms with Crippen molar-refractivity contribution in [2.24, 2.45) is 5.10 Å². The van der Waals surface area contributed by atoms with Crippen LogP contribution < -0.4 is 19.2 Å². The number of benzene rings is 3. The monoisotopic (exact) mass is 467 g/mol. The van der Waals surface area contributed by atoms with E-state index in [9.17, 15) is 13.2 Å². The number of nitrogens with one attached hydrogen (secondary N) is 1. The highest BCUT2D eigenvalue weighted by Gasteiger charge is 2.22. The molecule has 0 aliphatic rings. The second-order valence-electron chi connectivity index (χ2n) is 7.07. The summed E-state index contributed by atoms with van der Waals surface area (Å²) in [6, 6.07) is 17.8. The van der Waals surface area contributed by atoms with Crippen molar-refractivity contribution >= 4 is 38.6 Å². The Labute approximate surface area is 193 Å². The average molecular weight is 468 g/mol. The number of hydrazone groups is 1. The first-order valence-electron chi connectivity index (χ1n) is 10.0. The van der Waals surface area contributed by atoms with E-state index in [4.69, 9.17) is 9.47 Å². The lowest BCUT2D eigenvalue weighted by Gasteiger charge is -2.23. The van der Waals surface area contributed by atoms with Crippen molar-refractivity contribution in [3.05, 3.63) is 78.9 Å². The normalized spacial score (nSPS) is 11.3. The van der Waals surface area contributed by atoms with Crippen LogP contribution in [0.3, 0.4) is 0 Å². The second-order valence-corrected chi connectivity index (χ2v) is 8.98. The van der Waals surface area contributed by atoms with Gasteiger partial charge in [-0.1, -0.05) is 49.1 Å². The van der Waals surface area contributed by atoms with E-state index in [0.717, 1.165) is 21.3 Å². The van der Waals surface area contributed by atoms with Crippen molar-refractivity contribution in [1.29, 1.82) is 0 Å². The highest BCUT2D eigenvalue weighted by atomic mass is 32.2. The van der Waals surface area contributed by atoms with Gasteiger partial charge in [-0.05, 0) is 35.2 Å². The second kappa shape index (κ2) is 10.6. The minimum Gasteiger partial charge on any atom is -0.493 e. The first-order chi connectivity index (χ1) is 15.8. The molecule has 0 fully saturated rings. The molecule has 8 nitrogen and oxygen atoms in total. The fourth-order valence-corrected chi connectivity index (χ4v) is 4.05. The molecule has 0 spiro atoms. The van der Waals surface area contributed by atoms with Crippen molar-refractivity contribution in [2.75, 3.05) is 30.8 Å². The summed E-state index contributed by atoms with van der Waals surface area (Å²) in [5.41, 5.74) is 3.46. The Morgan fingerprint density at radius 2 is 1.88 bits per heavy atom. The van der Waals surface area contributed by atoms with Crippen LogP contribution in [0.4, 0.5) is 5.69 Å². The average Bonchev–Trinajstić information content (AvgIpc) is 2.80. The van der Waals surface area contributed by atoms with Crippen molar-refractivity contribution in [2.45, 2.75) is 0 Å². The van der Waals surface area contributed by atoms with E-state index < -0.39 is 22.5 Å². The van der Waals surface area contributed by atoms with Crippen molar-refractivity contribution in [1.82, 2.24) is 5.43 Å². The van der Waals surface area contributed by atoms with E-state index in [2.05, 4.69) is 17.1 Å². The zero-order valence-electron chi connectivity index (χ0n) is 18.4. The summed E-state index contributed by atoms with van der Waals surface area (Å²) in [6.07, 6.45) is 4.12. The third kappa shape index (κ3) is 6.11. The molecule has 33 heavy (non-hydrogen) atoms. The number of anilines is 1. The zero-order valence-corrected chi connectivity index (χ0v) is 19.2. The van der Waals surface area contributed by atoms with E-state index in [-0.39, 0.29) is 0 Å². The van der Waals surface area contributed by atoms with Crippen molar-refractivity contribution in [3.63, 3.8) is 0 Å². The number of ether oxygens (including phenoxy) is 2. The van der Waals surface area contributed by atoms with Gasteiger partial charge in [-0.2, -0.15) is 5.10 Å². The van der Waals surface area contributed by atoms with Crippen LogP contribution in [0.2, 0.25) is 0 Å². The van der Waals surface area contributed by atoms with E-state index in [1.165, 1.54) is 13.3 Å². The molecule has 0 atom stereocenters.